The topological polar surface area (TPSA) is 54.5 Å². The molecular weight excluding hydrogens is 338 g/mol. The van der Waals surface area contributed by atoms with Crippen LogP contribution in [0.2, 0.25) is 0 Å². The normalized spacial score (nSPS) is 10.3. The molecule has 138 valence electrons. The summed E-state index contributed by atoms with van der Waals surface area (Å²) in [7, 11) is 1.63. The van der Waals surface area contributed by atoms with Gasteiger partial charge < -0.3 is 15.0 Å². The maximum absolute atomic E-state index is 13.0. The minimum atomic E-state index is -0.0563. The molecule has 0 fully saturated rings. The van der Waals surface area contributed by atoms with Gasteiger partial charge in [0.15, 0.2) is 0 Å². The molecule has 2 aromatic carbocycles. The van der Waals surface area contributed by atoms with E-state index in [9.17, 15) is 4.79 Å². The monoisotopic (exact) mass is 361 g/mol. The number of pyridine rings is 1. The number of carbonyl (C=O) groups is 1. The zero-order valence-corrected chi connectivity index (χ0v) is 15.8. The molecule has 0 aliphatic heterocycles. The highest BCUT2D eigenvalue weighted by molar-refractivity contribution is 6.06. The van der Waals surface area contributed by atoms with E-state index in [0.29, 0.717) is 17.9 Å². The molecule has 3 rings (SSSR count). The maximum atomic E-state index is 13.0. The van der Waals surface area contributed by atoms with Crippen molar-refractivity contribution in [2.24, 2.45) is 0 Å². The second kappa shape index (κ2) is 8.36. The van der Waals surface area contributed by atoms with Crippen LogP contribution in [0.5, 0.6) is 5.75 Å². The average Bonchev–Trinajstić information content (AvgIpc) is 2.69. The lowest BCUT2D eigenvalue weighted by Gasteiger charge is -2.21. The molecule has 0 bridgehead atoms. The van der Waals surface area contributed by atoms with Crippen LogP contribution in [0.1, 0.15) is 22.8 Å². The van der Waals surface area contributed by atoms with Gasteiger partial charge in [-0.3, -0.25) is 4.79 Å². The molecule has 1 amide bonds. The summed E-state index contributed by atoms with van der Waals surface area (Å²) in [5.74, 6) is 1.30. The first-order chi connectivity index (χ1) is 13.1. The Balaban J connectivity index is 1.84. The van der Waals surface area contributed by atoms with Gasteiger partial charge in [0.2, 0.25) is 0 Å². The van der Waals surface area contributed by atoms with E-state index in [0.717, 1.165) is 22.7 Å². The summed E-state index contributed by atoms with van der Waals surface area (Å²) in [5, 5.41) is 3.22. The van der Waals surface area contributed by atoms with Gasteiger partial charge in [-0.2, -0.15) is 0 Å². The van der Waals surface area contributed by atoms with Crippen LogP contribution in [0.4, 0.5) is 17.2 Å². The van der Waals surface area contributed by atoms with E-state index >= 15 is 0 Å². The molecule has 0 saturated heterocycles. The van der Waals surface area contributed by atoms with Gasteiger partial charge in [0.25, 0.3) is 5.91 Å². The fourth-order valence-electron chi connectivity index (χ4n) is 2.88. The summed E-state index contributed by atoms with van der Waals surface area (Å²) in [6, 6.07) is 19.0. The molecule has 0 atom stereocenters. The van der Waals surface area contributed by atoms with Crippen molar-refractivity contribution in [3.8, 4) is 5.75 Å². The molecule has 1 N–H and O–H groups in total. The number of amides is 1. The van der Waals surface area contributed by atoms with Crippen LogP contribution in [0.25, 0.3) is 0 Å². The van der Waals surface area contributed by atoms with Crippen LogP contribution < -0.4 is 15.0 Å². The van der Waals surface area contributed by atoms with Crippen molar-refractivity contribution < 1.29 is 9.53 Å². The minimum Gasteiger partial charge on any atom is -0.497 e. The number of hydrogen-bond acceptors (Lipinski definition) is 4. The average molecular weight is 361 g/mol. The molecule has 0 saturated carbocycles. The Morgan fingerprint density at radius 3 is 2.67 bits per heavy atom. The number of ether oxygens (including phenoxy) is 1. The van der Waals surface area contributed by atoms with Crippen LogP contribution in [0.15, 0.2) is 66.9 Å². The fraction of sp³-hybridized carbons (Fsp3) is 0.182. The Hall–Kier alpha value is -3.34. The second-order valence-electron chi connectivity index (χ2n) is 6.18. The van der Waals surface area contributed by atoms with Crippen molar-refractivity contribution >= 4 is 23.1 Å². The number of hydrogen-bond donors (Lipinski definition) is 1. The van der Waals surface area contributed by atoms with Gasteiger partial charge in [-0.15, -0.1) is 0 Å². The Morgan fingerprint density at radius 2 is 1.93 bits per heavy atom. The van der Waals surface area contributed by atoms with Crippen LogP contribution in [0, 0.1) is 6.92 Å². The van der Waals surface area contributed by atoms with Crippen LogP contribution >= 0.6 is 0 Å². The first kappa shape index (κ1) is 18.5. The third-order valence-corrected chi connectivity index (χ3v) is 4.22. The lowest BCUT2D eigenvalue weighted by Crippen LogP contribution is -2.30. The first-order valence-corrected chi connectivity index (χ1v) is 8.86. The van der Waals surface area contributed by atoms with Gasteiger partial charge in [-0.05, 0) is 55.8 Å². The first-order valence-electron chi connectivity index (χ1n) is 8.86. The van der Waals surface area contributed by atoms with Gasteiger partial charge in [0, 0.05) is 35.7 Å². The van der Waals surface area contributed by atoms with E-state index < -0.39 is 0 Å². The summed E-state index contributed by atoms with van der Waals surface area (Å²) < 4.78 is 5.24. The maximum Gasteiger partial charge on any atom is 0.258 e. The van der Waals surface area contributed by atoms with E-state index in [1.54, 1.807) is 30.3 Å². The van der Waals surface area contributed by atoms with Gasteiger partial charge in [0.1, 0.15) is 11.6 Å². The number of nitrogens with one attached hydrogen (secondary N) is 1. The molecule has 0 aliphatic carbocycles. The van der Waals surface area contributed by atoms with Crippen molar-refractivity contribution in [2.75, 3.05) is 23.9 Å². The van der Waals surface area contributed by atoms with Gasteiger partial charge in [-0.25, -0.2) is 4.98 Å². The smallest absolute Gasteiger partial charge is 0.258 e. The molecule has 0 radical (unpaired) electrons. The number of benzene rings is 2. The summed E-state index contributed by atoms with van der Waals surface area (Å²) in [6.45, 7) is 4.57. The quantitative estimate of drug-likeness (QED) is 0.685. The van der Waals surface area contributed by atoms with Gasteiger partial charge >= 0.3 is 0 Å². The van der Waals surface area contributed by atoms with Crippen molar-refractivity contribution in [2.45, 2.75) is 13.8 Å². The lowest BCUT2D eigenvalue weighted by atomic mass is 10.1. The Bertz CT molecular complexity index is 940. The van der Waals surface area contributed by atoms with E-state index in [1.165, 1.54) is 0 Å². The van der Waals surface area contributed by atoms with Crippen molar-refractivity contribution in [1.29, 1.82) is 0 Å². The lowest BCUT2D eigenvalue weighted by molar-refractivity contribution is 0.0988. The van der Waals surface area contributed by atoms with Crippen LogP contribution in [-0.2, 0) is 0 Å². The Labute approximate surface area is 159 Å². The van der Waals surface area contributed by atoms with Crippen molar-refractivity contribution in [1.82, 2.24) is 4.98 Å². The van der Waals surface area contributed by atoms with E-state index in [1.807, 2.05) is 62.4 Å². The van der Waals surface area contributed by atoms with Crippen molar-refractivity contribution in [3.05, 3.63) is 78.0 Å². The number of nitrogens with zero attached hydrogens (tertiary/aromatic N) is 2. The largest absolute Gasteiger partial charge is 0.497 e. The summed E-state index contributed by atoms with van der Waals surface area (Å²) in [5.41, 5.74) is 3.44. The summed E-state index contributed by atoms with van der Waals surface area (Å²) in [4.78, 5) is 19.1. The number of methoxy groups -OCH3 is 1. The predicted octanol–water partition coefficient (Wildman–Crippen LogP) is 4.81. The summed E-state index contributed by atoms with van der Waals surface area (Å²) in [6.07, 6.45) is 1.64. The van der Waals surface area contributed by atoms with E-state index in [2.05, 4.69) is 10.3 Å². The number of carbonyl (C=O) groups excluding carboxylic acids is 1. The molecule has 0 aliphatic rings. The Morgan fingerprint density at radius 1 is 1.11 bits per heavy atom. The zero-order valence-electron chi connectivity index (χ0n) is 15.8. The predicted molar refractivity (Wildman–Crippen MR) is 109 cm³/mol. The molecule has 1 aromatic heterocycles. The molecule has 5 nitrogen and oxygen atoms in total. The van der Waals surface area contributed by atoms with E-state index in [4.69, 9.17) is 4.74 Å². The number of rotatable bonds is 6. The molecule has 27 heavy (non-hydrogen) atoms. The Kier molecular flexibility index (Phi) is 5.71. The second-order valence-corrected chi connectivity index (χ2v) is 6.18. The molecule has 3 aromatic rings. The van der Waals surface area contributed by atoms with Gasteiger partial charge in [0.05, 0.1) is 7.11 Å². The zero-order chi connectivity index (χ0) is 19.2. The van der Waals surface area contributed by atoms with Crippen LogP contribution in [0.3, 0.4) is 0 Å². The highest BCUT2D eigenvalue weighted by Crippen LogP contribution is 2.22. The molecule has 1 heterocycles. The fourth-order valence-corrected chi connectivity index (χ4v) is 2.88. The van der Waals surface area contributed by atoms with Gasteiger partial charge in [-0.1, -0.05) is 18.2 Å². The van der Waals surface area contributed by atoms with E-state index in [-0.39, 0.29) is 5.91 Å². The standard InChI is InChI=1S/C22H23N3O2/c1-4-25(19-9-5-7-16(2)13-19)22(26)17-11-12-23-21(14-17)24-18-8-6-10-20(15-18)27-3/h5-15H,4H2,1-3H3,(H,23,24). The third kappa shape index (κ3) is 4.44. The molecule has 0 spiro atoms. The molecular formula is C22H23N3O2. The van der Waals surface area contributed by atoms with Crippen LogP contribution in [-0.4, -0.2) is 24.5 Å². The molecule has 5 heteroatoms. The molecule has 0 unspecified atom stereocenters. The highest BCUT2D eigenvalue weighted by Gasteiger charge is 2.17. The summed E-state index contributed by atoms with van der Waals surface area (Å²) >= 11 is 0. The minimum absolute atomic E-state index is 0.0563. The van der Waals surface area contributed by atoms with Crippen molar-refractivity contribution in [3.63, 3.8) is 0 Å². The number of anilines is 3. The number of aromatic nitrogens is 1. The third-order valence-electron chi connectivity index (χ3n) is 4.22. The SMILES string of the molecule is CCN(C(=O)c1ccnc(Nc2cccc(OC)c2)c1)c1cccc(C)c1. The number of aryl methyl sites for hydroxylation is 1. The highest BCUT2D eigenvalue weighted by atomic mass is 16.5.